The molecule has 1 saturated carbocycles. The number of rotatable bonds is 4. The Hall–Kier alpha value is -1.18. The molecule has 146 valence electrons. The maximum Gasteiger partial charge on any atom is 0.333 e. The molecule has 7 heteroatoms. The summed E-state index contributed by atoms with van der Waals surface area (Å²) in [4.78, 5) is 19.4. The first-order chi connectivity index (χ1) is 12.0. The summed E-state index contributed by atoms with van der Waals surface area (Å²) in [6.45, 7) is 2.49. The largest absolute Gasteiger partial charge is 0.481 e. The Morgan fingerprint density at radius 1 is 0.920 bits per heavy atom. The van der Waals surface area contributed by atoms with E-state index in [1.54, 1.807) is 0 Å². The molecule has 25 heavy (non-hydrogen) atoms. The zero-order chi connectivity index (χ0) is 18.5. The van der Waals surface area contributed by atoms with Gasteiger partial charge in [0.05, 0.1) is 6.42 Å². The van der Waals surface area contributed by atoms with Crippen LogP contribution < -0.4 is 5.43 Å². The van der Waals surface area contributed by atoms with Crippen LogP contribution in [0.2, 0.25) is 0 Å². The van der Waals surface area contributed by atoms with Crippen LogP contribution in [-0.2, 0) is 9.59 Å². The molecule has 2 aliphatic rings. The summed E-state index contributed by atoms with van der Waals surface area (Å²) >= 11 is 0. The van der Waals surface area contributed by atoms with E-state index in [1.165, 1.54) is 83.7 Å². The van der Waals surface area contributed by atoms with Gasteiger partial charge in [0.1, 0.15) is 0 Å². The van der Waals surface area contributed by atoms with Crippen LogP contribution in [0, 0.1) is 0 Å². The van der Waals surface area contributed by atoms with Crippen LogP contribution in [0.5, 0.6) is 0 Å². The van der Waals surface area contributed by atoms with Gasteiger partial charge in [-0.2, -0.15) is 0 Å². The second-order valence-corrected chi connectivity index (χ2v) is 6.97. The highest BCUT2D eigenvalue weighted by molar-refractivity contribution is 5.79. The minimum atomic E-state index is -1.79. The molecular weight excluding hydrogens is 324 g/mol. The Morgan fingerprint density at radius 2 is 1.48 bits per heavy atom. The van der Waals surface area contributed by atoms with Gasteiger partial charge in [-0.3, -0.25) is 10.2 Å². The van der Waals surface area contributed by atoms with E-state index < -0.39 is 24.5 Å². The first kappa shape index (κ1) is 21.9. The van der Waals surface area contributed by atoms with E-state index in [0.717, 1.165) is 6.04 Å². The maximum absolute atomic E-state index is 9.72. The first-order valence-electron chi connectivity index (χ1n) is 9.63. The third-order valence-corrected chi connectivity index (χ3v) is 4.81. The van der Waals surface area contributed by atoms with Gasteiger partial charge < -0.3 is 15.3 Å². The molecule has 1 heterocycles. The summed E-state index contributed by atoms with van der Waals surface area (Å²) in [5.74, 6) is -2.85. The smallest absolute Gasteiger partial charge is 0.333 e. The number of carbonyl (C=O) groups is 2. The number of hydrogen-bond acceptors (Lipinski definition) is 5. The summed E-state index contributed by atoms with van der Waals surface area (Å²) < 4.78 is 0. The molecule has 0 aromatic rings. The van der Waals surface area contributed by atoms with Crippen molar-refractivity contribution in [2.24, 2.45) is 0 Å². The third kappa shape index (κ3) is 10.4. The predicted octanol–water partition coefficient (Wildman–Crippen LogP) is 2.39. The number of hydrogen-bond donors (Lipinski definition) is 4. The fraction of sp³-hybridized carbons (Fsp3) is 0.889. The van der Waals surface area contributed by atoms with E-state index in [-0.39, 0.29) is 0 Å². The number of nitrogens with one attached hydrogen (secondary N) is 1. The van der Waals surface area contributed by atoms with Crippen molar-refractivity contribution in [2.45, 2.75) is 89.2 Å². The Morgan fingerprint density at radius 3 is 2.04 bits per heavy atom. The molecular formula is C18H34N2O5. The Bertz CT molecular complexity index is 356. The van der Waals surface area contributed by atoms with Crippen molar-refractivity contribution in [3.05, 3.63) is 0 Å². The molecule has 2 rings (SSSR count). The number of aliphatic hydroxyl groups is 1. The second-order valence-electron chi connectivity index (χ2n) is 6.97. The molecule has 0 aromatic carbocycles. The fourth-order valence-electron chi connectivity index (χ4n) is 3.37. The van der Waals surface area contributed by atoms with E-state index >= 15 is 0 Å². The molecule has 1 aliphatic carbocycles. The average molecular weight is 358 g/mol. The van der Waals surface area contributed by atoms with Gasteiger partial charge >= 0.3 is 11.9 Å². The minimum Gasteiger partial charge on any atom is -0.481 e. The quantitative estimate of drug-likeness (QED) is 0.611. The summed E-state index contributed by atoms with van der Waals surface area (Å²) in [5.41, 5.74) is 3.67. The lowest BCUT2D eigenvalue weighted by atomic mass is 9.96. The molecule has 0 amide bonds. The molecule has 2 fully saturated rings. The number of hydrazine groups is 1. The summed E-state index contributed by atoms with van der Waals surface area (Å²) in [6.07, 6.45) is 13.2. The standard InChI is InChI=1S/C14H28N2.C4H6O5/c1-2-6-10-14(11-7-3-1)16-13-9-5-4-8-12-15-16;5-2(4(8)9)1-3(6)7/h14-15H,1-13H2;2,5H,1H2,(H,6,7)(H,8,9). The third-order valence-electron chi connectivity index (χ3n) is 4.81. The SMILES string of the molecule is C1CCCC(N2CCCCCCN2)CCC1.O=C(O)CC(O)C(=O)O. The Balaban J connectivity index is 0.000000299. The summed E-state index contributed by atoms with van der Waals surface area (Å²) in [5, 5.41) is 26.7. The number of nitrogens with zero attached hydrogens (tertiary/aromatic N) is 1. The van der Waals surface area contributed by atoms with Crippen molar-refractivity contribution in [1.29, 1.82) is 0 Å². The fourth-order valence-corrected chi connectivity index (χ4v) is 3.37. The minimum absolute atomic E-state index is 0.755. The van der Waals surface area contributed by atoms with Crippen LogP contribution in [0.4, 0.5) is 0 Å². The molecule has 0 radical (unpaired) electrons. The molecule has 0 bridgehead atoms. The van der Waals surface area contributed by atoms with Gasteiger partial charge in [-0.1, -0.05) is 44.9 Å². The van der Waals surface area contributed by atoms with Gasteiger partial charge in [0.15, 0.2) is 6.10 Å². The molecule has 0 aromatic heterocycles. The summed E-state index contributed by atoms with van der Waals surface area (Å²) in [6, 6.07) is 0.832. The van der Waals surface area contributed by atoms with Crippen LogP contribution in [0.1, 0.15) is 77.0 Å². The van der Waals surface area contributed by atoms with E-state index in [4.69, 9.17) is 15.3 Å². The van der Waals surface area contributed by atoms with Gasteiger partial charge in [0.2, 0.25) is 0 Å². The molecule has 1 saturated heterocycles. The van der Waals surface area contributed by atoms with Gasteiger partial charge in [-0.15, -0.1) is 0 Å². The van der Waals surface area contributed by atoms with Crippen molar-refractivity contribution in [2.75, 3.05) is 13.1 Å². The van der Waals surface area contributed by atoms with E-state index in [1.807, 2.05) is 0 Å². The maximum atomic E-state index is 9.72. The molecule has 0 spiro atoms. The zero-order valence-electron chi connectivity index (χ0n) is 15.2. The molecule has 1 aliphatic heterocycles. The lowest BCUT2D eigenvalue weighted by Gasteiger charge is -2.34. The van der Waals surface area contributed by atoms with Crippen molar-refractivity contribution >= 4 is 11.9 Å². The van der Waals surface area contributed by atoms with Gasteiger partial charge in [0, 0.05) is 19.1 Å². The van der Waals surface area contributed by atoms with Crippen molar-refractivity contribution < 1.29 is 24.9 Å². The molecule has 7 nitrogen and oxygen atoms in total. The van der Waals surface area contributed by atoms with Crippen molar-refractivity contribution in [1.82, 2.24) is 10.4 Å². The Labute approximate surface area is 150 Å². The van der Waals surface area contributed by atoms with Crippen LogP contribution in [0.15, 0.2) is 0 Å². The van der Waals surface area contributed by atoms with E-state index in [2.05, 4.69) is 10.4 Å². The van der Waals surface area contributed by atoms with Crippen LogP contribution in [0.3, 0.4) is 0 Å². The molecule has 1 atom stereocenters. The molecule has 4 N–H and O–H groups in total. The highest BCUT2D eigenvalue weighted by atomic mass is 16.4. The highest BCUT2D eigenvalue weighted by Crippen LogP contribution is 2.21. The van der Waals surface area contributed by atoms with Crippen molar-refractivity contribution in [3.8, 4) is 0 Å². The number of carboxylic acid groups (broad SMARTS) is 2. The predicted molar refractivity (Wildman–Crippen MR) is 95.2 cm³/mol. The lowest BCUT2D eigenvalue weighted by Crippen LogP contribution is -2.47. The number of aliphatic hydroxyl groups excluding tert-OH is 1. The number of aliphatic carboxylic acids is 2. The lowest BCUT2D eigenvalue weighted by molar-refractivity contribution is -0.152. The van der Waals surface area contributed by atoms with E-state index in [0.29, 0.717) is 0 Å². The Kier molecular flexibility index (Phi) is 11.4. The van der Waals surface area contributed by atoms with Gasteiger partial charge in [-0.25, -0.2) is 9.80 Å². The second kappa shape index (κ2) is 13.1. The van der Waals surface area contributed by atoms with Crippen LogP contribution in [-0.4, -0.2) is 57.5 Å². The topological polar surface area (TPSA) is 110 Å². The zero-order valence-corrected chi connectivity index (χ0v) is 15.2. The van der Waals surface area contributed by atoms with Gasteiger partial charge in [-0.05, 0) is 25.7 Å². The monoisotopic (exact) mass is 358 g/mol. The average Bonchev–Trinajstić information content (AvgIpc) is 2.47. The normalized spacial score (nSPS) is 22.3. The molecule has 1 unspecified atom stereocenters. The van der Waals surface area contributed by atoms with Crippen molar-refractivity contribution in [3.63, 3.8) is 0 Å². The summed E-state index contributed by atoms with van der Waals surface area (Å²) in [7, 11) is 0. The van der Waals surface area contributed by atoms with Crippen LogP contribution >= 0.6 is 0 Å². The number of carboxylic acids is 2. The van der Waals surface area contributed by atoms with Crippen LogP contribution in [0.25, 0.3) is 0 Å². The first-order valence-corrected chi connectivity index (χ1v) is 9.63. The van der Waals surface area contributed by atoms with Gasteiger partial charge in [0.25, 0.3) is 0 Å². The van der Waals surface area contributed by atoms with E-state index in [9.17, 15) is 9.59 Å². The highest BCUT2D eigenvalue weighted by Gasteiger charge is 2.19.